The molecule has 1 aliphatic carbocycles. The van der Waals surface area contributed by atoms with Gasteiger partial charge in [-0.3, -0.25) is 4.79 Å². The summed E-state index contributed by atoms with van der Waals surface area (Å²) in [7, 11) is 0. The van der Waals surface area contributed by atoms with E-state index >= 15 is 0 Å². The first-order valence-electron chi connectivity index (χ1n) is 5.87. The van der Waals surface area contributed by atoms with Crippen LogP contribution in [-0.4, -0.2) is 18.1 Å². The maximum atomic E-state index is 11.6. The van der Waals surface area contributed by atoms with Crippen LogP contribution >= 0.6 is 0 Å². The molecule has 0 bridgehead atoms. The minimum absolute atomic E-state index is 0.0177. The summed E-state index contributed by atoms with van der Waals surface area (Å²) >= 11 is 0. The van der Waals surface area contributed by atoms with Gasteiger partial charge in [0.25, 0.3) is 5.91 Å². The maximum absolute atomic E-state index is 11.6. The number of amides is 1. The Balaban J connectivity index is 1.80. The molecular formula is C13H18N2O2. The van der Waals surface area contributed by atoms with Crippen LogP contribution in [0.25, 0.3) is 0 Å². The Morgan fingerprint density at radius 3 is 2.88 bits per heavy atom. The van der Waals surface area contributed by atoms with Crippen molar-refractivity contribution in [2.24, 2.45) is 0 Å². The van der Waals surface area contributed by atoms with E-state index in [1.54, 1.807) is 24.3 Å². The highest BCUT2D eigenvalue weighted by molar-refractivity contribution is 5.78. The van der Waals surface area contributed by atoms with E-state index in [1.165, 1.54) is 6.42 Å². The van der Waals surface area contributed by atoms with Crippen LogP contribution in [0.3, 0.4) is 0 Å². The van der Waals surface area contributed by atoms with Gasteiger partial charge in [-0.2, -0.15) is 0 Å². The molecule has 92 valence electrons. The van der Waals surface area contributed by atoms with Gasteiger partial charge in [-0.1, -0.05) is 6.07 Å². The molecule has 1 aliphatic rings. The standard InChI is InChI=1S/C13H18N2O2/c1-13(6-3-7-13)15-12(16)9-17-11-5-2-4-10(14)8-11/h2,4-5,8H,3,6-7,9,14H2,1H3,(H,15,16). The third-order valence-electron chi connectivity index (χ3n) is 3.13. The van der Waals surface area contributed by atoms with E-state index in [1.807, 2.05) is 0 Å². The van der Waals surface area contributed by atoms with E-state index in [4.69, 9.17) is 10.5 Å². The summed E-state index contributed by atoms with van der Waals surface area (Å²) in [5, 5.41) is 2.98. The fraction of sp³-hybridized carbons (Fsp3) is 0.462. The molecule has 1 saturated carbocycles. The first-order chi connectivity index (χ1) is 8.07. The lowest BCUT2D eigenvalue weighted by atomic mass is 9.78. The van der Waals surface area contributed by atoms with Crippen LogP contribution in [0.2, 0.25) is 0 Å². The molecule has 1 aromatic rings. The largest absolute Gasteiger partial charge is 0.484 e. The number of ether oxygens (including phenoxy) is 1. The summed E-state index contributed by atoms with van der Waals surface area (Å²) in [4.78, 5) is 11.6. The third kappa shape index (κ3) is 3.12. The molecule has 4 nitrogen and oxygen atoms in total. The Labute approximate surface area is 101 Å². The predicted molar refractivity (Wildman–Crippen MR) is 66.7 cm³/mol. The molecule has 17 heavy (non-hydrogen) atoms. The Bertz CT molecular complexity index is 414. The molecule has 1 aromatic carbocycles. The molecule has 3 N–H and O–H groups in total. The Morgan fingerprint density at radius 1 is 1.53 bits per heavy atom. The van der Waals surface area contributed by atoms with Crippen LogP contribution in [0.1, 0.15) is 26.2 Å². The fourth-order valence-corrected chi connectivity index (χ4v) is 1.96. The summed E-state index contributed by atoms with van der Waals surface area (Å²) in [6.45, 7) is 2.11. The van der Waals surface area contributed by atoms with Gasteiger partial charge in [0, 0.05) is 17.3 Å². The summed E-state index contributed by atoms with van der Waals surface area (Å²) < 4.78 is 5.37. The predicted octanol–water partition coefficient (Wildman–Crippen LogP) is 1.71. The zero-order chi connectivity index (χ0) is 12.3. The van der Waals surface area contributed by atoms with E-state index < -0.39 is 0 Å². The van der Waals surface area contributed by atoms with E-state index in [-0.39, 0.29) is 18.1 Å². The Morgan fingerprint density at radius 2 is 2.29 bits per heavy atom. The molecule has 0 spiro atoms. The average molecular weight is 234 g/mol. The SMILES string of the molecule is CC1(NC(=O)COc2cccc(N)c2)CCC1. The number of hydrogen-bond acceptors (Lipinski definition) is 3. The monoisotopic (exact) mass is 234 g/mol. The molecule has 2 rings (SSSR count). The first kappa shape index (κ1) is 11.8. The minimum Gasteiger partial charge on any atom is -0.484 e. The number of benzene rings is 1. The van der Waals surface area contributed by atoms with Crippen LogP contribution < -0.4 is 15.8 Å². The Kier molecular flexibility index (Phi) is 3.22. The second-order valence-electron chi connectivity index (χ2n) is 4.82. The van der Waals surface area contributed by atoms with Gasteiger partial charge in [-0.25, -0.2) is 0 Å². The van der Waals surface area contributed by atoms with Crippen molar-refractivity contribution in [1.82, 2.24) is 5.32 Å². The van der Waals surface area contributed by atoms with E-state index in [2.05, 4.69) is 12.2 Å². The summed E-state index contributed by atoms with van der Waals surface area (Å²) in [5.41, 5.74) is 6.23. The van der Waals surface area contributed by atoms with Crippen LogP contribution in [0.4, 0.5) is 5.69 Å². The molecule has 1 amide bonds. The molecule has 0 saturated heterocycles. The Hall–Kier alpha value is -1.71. The summed E-state index contributed by atoms with van der Waals surface area (Å²) in [6, 6.07) is 7.07. The highest BCUT2D eigenvalue weighted by Crippen LogP contribution is 2.30. The molecule has 1 fully saturated rings. The maximum Gasteiger partial charge on any atom is 0.258 e. The fourth-order valence-electron chi connectivity index (χ4n) is 1.96. The van der Waals surface area contributed by atoms with Crippen molar-refractivity contribution in [2.45, 2.75) is 31.7 Å². The highest BCUT2D eigenvalue weighted by Gasteiger charge is 2.33. The minimum atomic E-state index is -0.0744. The van der Waals surface area contributed by atoms with Crippen LogP contribution in [0, 0.1) is 0 Å². The van der Waals surface area contributed by atoms with Crippen molar-refractivity contribution in [3.05, 3.63) is 24.3 Å². The zero-order valence-corrected chi connectivity index (χ0v) is 10.0. The van der Waals surface area contributed by atoms with E-state index in [9.17, 15) is 4.79 Å². The lowest BCUT2D eigenvalue weighted by Gasteiger charge is -2.39. The van der Waals surface area contributed by atoms with Crippen LogP contribution in [0.15, 0.2) is 24.3 Å². The lowest BCUT2D eigenvalue weighted by molar-refractivity contribution is -0.125. The number of nitrogens with one attached hydrogen (secondary N) is 1. The number of nitrogen functional groups attached to an aromatic ring is 1. The molecule has 0 aromatic heterocycles. The molecule has 0 heterocycles. The van der Waals surface area contributed by atoms with Crippen LogP contribution in [-0.2, 0) is 4.79 Å². The van der Waals surface area contributed by atoms with E-state index in [0.717, 1.165) is 12.8 Å². The van der Waals surface area contributed by atoms with E-state index in [0.29, 0.717) is 11.4 Å². The average Bonchev–Trinajstić information content (AvgIpc) is 2.24. The zero-order valence-electron chi connectivity index (χ0n) is 10.0. The molecule has 0 radical (unpaired) electrons. The van der Waals surface area contributed by atoms with Gasteiger partial charge in [0.2, 0.25) is 0 Å². The molecule has 4 heteroatoms. The van der Waals surface area contributed by atoms with Gasteiger partial charge >= 0.3 is 0 Å². The number of rotatable bonds is 4. The van der Waals surface area contributed by atoms with Crippen molar-refractivity contribution in [2.75, 3.05) is 12.3 Å². The number of carbonyl (C=O) groups is 1. The van der Waals surface area contributed by atoms with Gasteiger partial charge in [-0.15, -0.1) is 0 Å². The molecule has 0 atom stereocenters. The second kappa shape index (κ2) is 4.65. The first-order valence-corrected chi connectivity index (χ1v) is 5.87. The van der Waals surface area contributed by atoms with Gasteiger partial charge in [0.15, 0.2) is 6.61 Å². The van der Waals surface area contributed by atoms with Gasteiger partial charge < -0.3 is 15.8 Å². The third-order valence-corrected chi connectivity index (χ3v) is 3.13. The smallest absolute Gasteiger partial charge is 0.258 e. The van der Waals surface area contributed by atoms with Crippen molar-refractivity contribution in [1.29, 1.82) is 0 Å². The second-order valence-corrected chi connectivity index (χ2v) is 4.82. The summed E-state index contributed by atoms with van der Waals surface area (Å²) in [5.74, 6) is 0.550. The molecule has 0 aliphatic heterocycles. The van der Waals surface area contributed by atoms with Crippen molar-refractivity contribution in [3.63, 3.8) is 0 Å². The van der Waals surface area contributed by atoms with Crippen molar-refractivity contribution < 1.29 is 9.53 Å². The quantitative estimate of drug-likeness (QED) is 0.779. The molecular weight excluding hydrogens is 216 g/mol. The number of hydrogen-bond donors (Lipinski definition) is 2. The van der Waals surface area contributed by atoms with Gasteiger partial charge in [0.1, 0.15) is 5.75 Å². The number of anilines is 1. The van der Waals surface area contributed by atoms with Crippen LogP contribution in [0.5, 0.6) is 5.75 Å². The van der Waals surface area contributed by atoms with Crippen molar-refractivity contribution in [3.8, 4) is 5.75 Å². The van der Waals surface area contributed by atoms with Gasteiger partial charge in [0.05, 0.1) is 0 Å². The number of carbonyl (C=O) groups excluding carboxylic acids is 1. The normalized spacial score (nSPS) is 17.0. The van der Waals surface area contributed by atoms with Crippen molar-refractivity contribution >= 4 is 11.6 Å². The van der Waals surface area contributed by atoms with Gasteiger partial charge in [-0.05, 0) is 38.3 Å². The molecule has 0 unspecified atom stereocenters. The summed E-state index contributed by atoms with van der Waals surface area (Å²) in [6.07, 6.45) is 3.29. The lowest BCUT2D eigenvalue weighted by Crippen LogP contribution is -2.52. The topological polar surface area (TPSA) is 64.3 Å². The highest BCUT2D eigenvalue weighted by atomic mass is 16.5. The number of nitrogens with two attached hydrogens (primary N) is 1.